The quantitative estimate of drug-likeness (QED) is 0.0289. The average molecular weight is 1250 g/mol. The first-order chi connectivity index (χ1) is 38.1. The Morgan fingerprint density at radius 3 is 2.19 bits per heavy atom. The number of aromatic nitrogens is 5. The number of thiol groups is 1. The molecule has 3 atom stereocenters. The van der Waals surface area contributed by atoms with Crippen LogP contribution < -0.4 is 9.84 Å². The number of amides is 2. The number of sulfone groups is 1. The lowest BCUT2D eigenvalue weighted by molar-refractivity contribution is -0.143. The van der Waals surface area contributed by atoms with Gasteiger partial charge in [0.1, 0.15) is 46.6 Å². The van der Waals surface area contributed by atoms with Gasteiger partial charge in [0.25, 0.3) is 5.92 Å². The summed E-state index contributed by atoms with van der Waals surface area (Å²) in [5.74, 6) is -6.64. The van der Waals surface area contributed by atoms with E-state index in [1.807, 2.05) is 0 Å². The standard InChI is InChI=1S/C52H49ClF10N7O10PS2/c1-25-14-26(2)43(38(15-25)80-81(73,74)75)48(3,4)21-40(72)70(82(76)77)22-37-42-35(53)11-10-32(45(42)69(66-37)24-50(56,57)58)31-9-8-30(12-13-49(5,6)83(7,78)79)64-44(31)36(18-27-16-28(54)19-29(55)17-27)65-39(71)23-68-47-41(46(67-68)52(61,62)63)33-20-34(33)51(47,59)60/h8-11,14-17,19,33-34,36,82H,18,20-24H2,1-7H3,(H,65,71)(H2,73,74,75)/t33-,34+,36?/m0/s1. The Hall–Kier alpha value is -6.57. The minimum atomic E-state index is -5.24. The molecular weight excluding hydrogens is 1200 g/mol. The maximum Gasteiger partial charge on any atom is 0.524 e. The van der Waals surface area contributed by atoms with Gasteiger partial charge < -0.3 is 9.84 Å². The first kappa shape index (κ1) is 62.5. The molecule has 6 aromatic rings. The van der Waals surface area contributed by atoms with Crippen LogP contribution in [-0.4, -0.2) is 84.5 Å². The lowest BCUT2D eigenvalue weighted by Crippen LogP contribution is -2.35. The molecule has 0 radical (unpaired) electrons. The molecule has 3 heterocycles. The number of carbonyl (C=O) groups excluding carboxylic acids is 2. The molecule has 3 N–H and O–H groups in total. The molecule has 8 rings (SSSR count). The summed E-state index contributed by atoms with van der Waals surface area (Å²) in [7, 11) is -13.1. The van der Waals surface area contributed by atoms with Crippen molar-refractivity contribution < 1.29 is 89.2 Å². The molecule has 0 spiro atoms. The lowest BCUT2D eigenvalue weighted by atomic mass is 9.78. The van der Waals surface area contributed by atoms with Gasteiger partial charge in [-0.1, -0.05) is 43.5 Å². The predicted octanol–water partition coefficient (Wildman–Crippen LogP) is 9.60. The highest BCUT2D eigenvalue weighted by Crippen LogP contribution is 2.68. The number of rotatable bonds is 17. The second-order valence-corrected chi connectivity index (χ2v) is 26.5. The molecule has 3 aromatic carbocycles. The fraction of sp³-hybridized carbons (Fsp3) is 0.404. The molecular formula is C52H49ClF10N7O10PS2. The molecule has 1 saturated carbocycles. The summed E-state index contributed by atoms with van der Waals surface area (Å²) >= 11 is 6.76. The lowest BCUT2D eigenvalue weighted by Gasteiger charge is -2.30. The monoisotopic (exact) mass is 1250 g/mol. The second kappa shape index (κ2) is 21.8. The zero-order valence-corrected chi connectivity index (χ0v) is 47.8. The van der Waals surface area contributed by atoms with Crippen molar-refractivity contribution in [2.24, 2.45) is 5.92 Å². The van der Waals surface area contributed by atoms with E-state index in [-0.39, 0.29) is 54.1 Å². The summed E-state index contributed by atoms with van der Waals surface area (Å²) < 4.78 is 216. The Bertz CT molecular complexity index is 3950. The number of nitrogens with zero attached hydrogens (tertiary/aromatic N) is 6. The van der Waals surface area contributed by atoms with Crippen molar-refractivity contribution in [2.45, 2.75) is 121 Å². The topological polar surface area (TPSA) is 233 Å². The zero-order valence-electron chi connectivity index (χ0n) is 44.5. The van der Waals surface area contributed by atoms with Crippen molar-refractivity contribution in [3.63, 3.8) is 0 Å². The molecule has 17 nitrogen and oxygen atoms in total. The van der Waals surface area contributed by atoms with Gasteiger partial charge in [-0.15, -0.1) is 0 Å². The minimum absolute atomic E-state index is 0.0873. The minimum Gasteiger partial charge on any atom is -0.404 e. The van der Waals surface area contributed by atoms with Crippen molar-refractivity contribution in [3.8, 4) is 28.7 Å². The maximum absolute atomic E-state index is 15.7. The third kappa shape index (κ3) is 13.2. The highest BCUT2D eigenvalue weighted by Gasteiger charge is 2.68. The van der Waals surface area contributed by atoms with E-state index >= 15 is 8.78 Å². The smallest absolute Gasteiger partial charge is 0.404 e. The van der Waals surface area contributed by atoms with Crippen LogP contribution in [0.1, 0.15) is 109 Å². The number of phosphoric acid groups is 1. The van der Waals surface area contributed by atoms with Gasteiger partial charge in [-0.2, -0.15) is 45.3 Å². The molecule has 0 bridgehead atoms. The molecule has 0 saturated heterocycles. The number of halogens is 11. The van der Waals surface area contributed by atoms with Crippen molar-refractivity contribution in [1.82, 2.24) is 34.2 Å². The molecule has 1 fully saturated rings. The van der Waals surface area contributed by atoms with Crippen molar-refractivity contribution >= 4 is 62.9 Å². The Morgan fingerprint density at radius 1 is 0.964 bits per heavy atom. The number of aryl methyl sites for hydroxylation is 2. The summed E-state index contributed by atoms with van der Waals surface area (Å²) in [6.07, 6.45) is -11.2. The van der Waals surface area contributed by atoms with E-state index in [2.05, 4.69) is 32.3 Å². The third-order valence-corrected chi connectivity index (χ3v) is 17.6. The van der Waals surface area contributed by atoms with Crippen LogP contribution in [0.25, 0.3) is 22.0 Å². The molecule has 83 heavy (non-hydrogen) atoms. The number of fused-ring (bicyclic) bond motifs is 4. The van der Waals surface area contributed by atoms with E-state index in [0.29, 0.717) is 21.9 Å². The van der Waals surface area contributed by atoms with Crippen LogP contribution in [0.3, 0.4) is 0 Å². The second-order valence-electron chi connectivity index (χ2n) is 21.4. The number of phosphoric ester groups is 1. The summed E-state index contributed by atoms with van der Waals surface area (Å²) in [6, 6.07) is 7.77. The summed E-state index contributed by atoms with van der Waals surface area (Å²) in [4.78, 5) is 52.5. The van der Waals surface area contributed by atoms with Crippen LogP contribution in [0.2, 0.25) is 5.02 Å². The number of benzene rings is 3. The number of alkyl halides is 8. The number of hydrogen-bond donors (Lipinski definition) is 4. The molecule has 3 aromatic heterocycles. The number of pyridine rings is 1. The van der Waals surface area contributed by atoms with Gasteiger partial charge in [-0.3, -0.25) is 28.7 Å². The zero-order chi connectivity index (χ0) is 61.6. The Labute approximate surface area is 473 Å². The Morgan fingerprint density at radius 2 is 1.60 bits per heavy atom. The van der Waals surface area contributed by atoms with Crippen LogP contribution in [0.5, 0.6) is 5.75 Å². The average Bonchev–Trinajstić information content (AvgIpc) is 1.54. The number of nitrogens with one attached hydrogen (secondary N) is 1. The summed E-state index contributed by atoms with van der Waals surface area (Å²) in [5, 5.41) is 9.17. The van der Waals surface area contributed by atoms with Crippen LogP contribution in [0, 0.1) is 43.2 Å². The van der Waals surface area contributed by atoms with E-state index in [9.17, 15) is 75.9 Å². The van der Waals surface area contributed by atoms with Gasteiger partial charge in [0.15, 0.2) is 15.5 Å². The molecule has 2 aliphatic rings. The largest absolute Gasteiger partial charge is 0.524 e. The van der Waals surface area contributed by atoms with E-state index in [1.165, 1.54) is 39.8 Å². The van der Waals surface area contributed by atoms with Gasteiger partial charge in [0.2, 0.25) is 22.7 Å². The molecule has 1 unspecified atom stereocenters. The van der Waals surface area contributed by atoms with Gasteiger partial charge in [-0.05, 0) is 105 Å². The van der Waals surface area contributed by atoms with E-state index in [1.54, 1.807) is 19.9 Å². The van der Waals surface area contributed by atoms with Gasteiger partial charge >= 0.3 is 20.2 Å². The highest BCUT2D eigenvalue weighted by molar-refractivity contribution is 7.92. The van der Waals surface area contributed by atoms with Crippen LogP contribution in [-0.2, 0) is 78.5 Å². The molecule has 31 heteroatoms. The predicted molar refractivity (Wildman–Crippen MR) is 280 cm³/mol. The fourth-order valence-corrected chi connectivity index (χ4v) is 11.8. The highest BCUT2D eigenvalue weighted by atomic mass is 35.5. The summed E-state index contributed by atoms with van der Waals surface area (Å²) in [5.41, 5.74) is -6.85. The fourth-order valence-electron chi connectivity index (χ4n) is 10.4. The van der Waals surface area contributed by atoms with E-state index < -0.39 is 170 Å². The van der Waals surface area contributed by atoms with Gasteiger partial charge in [-0.25, -0.2) is 39.5 Å². The molecule has 2 amide bonds. The molecule has 446 valence electrons. The normalized spacial score (nSPS) is 16.5. The first-order valence-electron chi connectivity index (χ1n) is 24.7. The Kier molecular flexibility index (Phi) is 16.4. The van der Waals surface area contributed by atoms with Crippen molar-refractivity contribution in [2.75, 3.05) is 6.26 Å². The van der Waals surface area contributed by atoms with E-state index in [4.69, 9.17) is 16.1 Å². The van der Waals surface area contributed by atoms with Crippen molar-refractivity contribution in [3.05, 3.63) is 128 Å². The van der Waals surface area contributed by atoms with Crippen LogP contribution in [0.4, 0.5) is 43.9 Å². The molecule has 0 aliphatic heterocycles. The van der Waals surface area contributed by atoms with Crippen LogP contribution in [0.15, 0.2) is 54.6 Å². The van der Waals surface area contributed by atoms with Crippen LogP contribution >= 0.6 is 19.4 Å². The maximum atomic E-state index is 15.7. The molecule has 2 aliphatic carbocycles. The third-order valence-electron chi connectivity index (χ3n) is 14.1. The van der Waals surface area contributed by atoms with Crippen molar-refractivity contribution in [1.29, 1.82) is 0 Å². The van der Waals surface area contributed by atoms with Gasteiger partial charge in [0.05, 0.1) is 34.5 Å². The Balaban J connectivity index is 1.30. The number of hydrogen-bond acceptors (Lipinski definition) is 11. The van der Waals surface area contributed by atoms with Gasteiger partial charge in [0, 0.05) is 57.7 Å². The van der Waals surface area contributed by atoms with E-state index in [0.717, 1.165) is 36.6 Å². The first-order valence-corrected chi connectivity index (χ1v) is 29.6. The SMILES string of the molecule is Cc1cc(C)c(C(C)(C)CC(=O)N(Cc2nn(CC(F)(F)F)c3c(-c4ccc(C#CC(C)(C)S(C)(=O)=O)nc4C(Cc4cc(F)cc(F)c4)NC(=O)Cn4nc(C(F)(F)F)c5c4C(F)(F)[C@@H]4C[C@H]54)ccc(Cl)c23)[SH](=O)=O)c(OP(=O)(O)O)c1. The summed E-state index contributed by atoms with van der Waals surface area (Å²) in [6.45, 7) is 4.12. The number of carbonyl (C=O) groups is 2.